The minimum atomic E-state index is -1.03. The van der Waals surface area contributed by atoms with E-state index in [-0.39, 0.29) is 37.0 Å². The first-order valence-corrected chi connectivity index (χ1v) is 14.7. The third-order valence-electron chi connectivity index (χ3n) is 8.42. The number of carbonyl (C=O) groups is 1. The van der Waals surface area contributed by atoms with E-state index in [1.165, 1.54) is 0 Å². The zero-order valence-electron chi connectivity index (χ0n) is 25.2. The summed E-state index contributed by atoms with van der Waals surface area (Å²) in [7, 11) is 4.79. The molecule has 43 heavy (non-hydrogen) atoms. The third-order valence-corrected chi connectivity index (χ3v) is 8.42. The number of carbonyl (C=O) groups excluding carboxylic acids is 1. The molecule has 1 aromatic heterocycles. The first kappa shape index (κ1) is 32.6. The van der Waals surface area contributed by atoms with Gasteiger partial charge in [0.15, 0.2) is 17.2 Å². The van der Waals surface area contributed by atoms with Crippen molar-refractivity contribution >= 4 is 18.3 Å². The molecule has 11 heteroatoms. The van der Waals surface area contributed by atoms with Crippen molar-refractivity contribution in [3.63, 3.8) is 0 Å². The molecule has 2 fully saturated rings. The molecule has 0 unspecified atom stereocenters. The van der Waals surface area contributed by atoms with E-state index in [1.807, 2.05) is 58.0 Å². The van der Waals surface area contributed by atoms with E-state index in [4.69, 9.17) is 23.9 Å². The van der Waals surface area contributed by atoms with Gasteiger partial charge in [0, 0.05) is 44.8 Å². The summed E-state index contributed by atoms with van der Waals surface area (Å²) in [6.07, 6.45) is 5.69. The van der Waals surface area contributed by atoms with Gasteiger partial charge in [0.05, 0.1) is 45.5 Å². The summed E-state index contributed by atoms with van der Waals surface area (Å²) in [5, 5.41) is 15.1. The van der Waals surface area contributed by atoms with Crippen LogP contribution in [-0.4, -0.2) is 91.3 Å². The first-order chi connectivity index (χ1) is 20.5. The molecule has 3 aromatic rings. The van der Waals surface area contributed by atoms with Gasteiger partial charge < -0.3 is 38.8 Å². The monoisotopic (exact) mass is 614 g/mol. The number of methoxy groups -OCH3 is 3. The summed E-state index contributed by atoms with van der Waals surface area (Å²) >= 11 is 0. The number of hydrogen-bond donors (Lipinski definition) is 2. The predicted octanol–water partition coefficient (Wildman–Crippen LogP) is 4.36. The van der Waals surface area contributed by atoms with Crippen molar-refractivity contribution in [3.8, 4) is 28.5 Å². The molecule has 1 aliphatic carbocycles. The minimum Gasteiger partial charge on any atom is -0.493 e. The van der Waals surface area contributed by atoms with Gasteiger partial charge in [0.1, 0.15) is 5.60 Å². The normalized spacial score (nSPS) is 22.0. The van der Waals surface area contributed by atoms with Crippen molar-refractivity contribution < 1.29 is 28.8 Å². The van der Waals surface area contributed by atoms with Crippen LogP contribution in [0.15, 0.2) is 54.9 Å². The van der Waals surface area contributed by atoms with E-state index in [2.05, 4.69) is 5.32 Å². The molecule has 2 heterocycles. The number of halogens is 1. The van der Waals surface area contributed by atoms with Crippen LogP contribution in [0.2, 0.25) is 0 Å². The van der Waals surface area contributed by atoms with E-state index < -0.39 is 5.60 Å². The molecule has 0 bridgehead atoms. The Balaban J connectivity index is 0.00000423. The number of amides is 1. The Morgan fingerprint density at radius 1 is 1.07 bits per heavy atom. The fourth-order valence-electron chi connectivity index (χ4n) is 6.35. The minimum absolute atomic E-state index is 0. The largest absolute Gasteiger partial charge is 0.493 e. The van der Waals surface area contributed by atoms with E-state index >= 15 is 0 Å². The van der Waals surface area contributed by atoms with Crippen LogP contribution in [0.5, 0.6) is 17.2 Å². The number of ether oxygens (including phenoxy) is 4. The molecule has 5 rings (SSSR count). The van der Waals surface area contributed by atoms with E-state index in [9.17, 15) is 9.90 Å². The predicted molar refractivity (Wildman–Crippen MR) is 167 cm³/mol. The Morgan fingerprint density at radius 3 is 2.60 bits per heavy atom. The zero-order chi connectivity index (χ0) is 29.5. The van der Waals surface area contributed by atoms with Crippen molar-refractivity contribution in [2.24, 2.45) is 0 Å². The molecular formula is C32H43ClN4O6. The molecule has 2 aliphatic rings. The second kappa shape index (κ2) is 14.9. The Morgan fingerprint density at radius 2 is 1.86 bits per heavy atom. The number of hydrogen-bond acceptors (Lipinski definition) is 8. The lowest BCUT2D eigenvalue weighted by Gasteiger charge is -2.41. The molecule has 10 nitrogen and oxygen atoms in total. The fraction of sp³-hybridized carbons (Fsp3) is 0.500. The quantitative estimate of drug-likeness (QED) is 0.328. The van der Waals surface area contributed by atoms with Gasteiger partial charge in [-0.25, -0.2) is 4.98 Å². The molecule has 234 valence electrons. The lowest BCUT2D eigenvalue weighted by atomic mass is 9.80. The van der Waals surface area contributed by atoms with E-state index in [1.54, 1.807) is 27.7 Å². The van der Waals surface area contributed by atoms with Gasteiger partial charge in [-0.3, -0.25) is 4.79 Å². The number of para-hydroxylation sites is 1. The third kappa shape index (κ3) is 6.93. The van der Waals surface area contributed by atoms with Crippen LogP contribution in [0, 0.1) is 0 Å². The van der Waals surface area contributed by atoms with Crippen molar-refractivity contribution in [2.45, 2.75) is 49.8 Å². The van der Waals surface area contributed by atoms with Crippen molar-refractivity contribution in [3.05, 3.63) is 60.6 Å². The van der Waals surface area contributed by atoms with Crippen molar-refractivity contribution in [2.75, 3.05) is 54.2 Å². The van der Waals surface area contributed by atoms with Crippen LogP contribution in [0.3, 0.4) is 0 Å². The Labute approximate surface area is 259 Å². The smallest absolute Gasteiger partial charge is 0.275 e. The number of aliphatic hydroxyl groups is 1. The summed E-state index contributed by atoms with van der Waals surface area (Å²) in [4.78, 5) is 20.9. The molecule has 1 saturated heterocycles. The fourth-order valence-corrected chi connectivity index (χ4v) is 6.35. The van der Waals surface area contributed by atoms with Crippen LogP contribution in [0.25, 0.3) is 11.3 Å². The molecule has 3 atom stereocenters. The maximum absolute atomic E-state index is 14.3. The van der Waals surface area contributed by atoms with Gasteiger partial charge in [0.25, 0.3) is 5.91 Å². The van der Waals surface area contributed by atoms with Gasteiger partial charge in [-0.1, -0.05) is 49.2 Å². The number of aromatic nitrogens is 2. The highest BCUT2D eigenvalue weighted by Gasteiger charge is 2.42. The number of rotatable bonds is 11. The van der Waals surface area contributed by atoms with Gasteiger partial charge in [0.2, 0.25) is 5.75 Å². The topological polar surface area (TPSA) is 107 Å². The van der Waals surface area contributed by atoms with E-state index in [0.717, 1.165) is 30.5 Å². The lowest BCUT2D eigenvalue weighted by Crippen LogP contribution is -2.54. The van der Waals surface area contributed by atoms with Gasteiger partial charge in [-0.05, 0) is 25.0 Å². The lowest BCUT2D eigenvalue weighted by molar-refractivity contribution is -0.0893. The second-order valence-electron chi connectivity index (χ2n) is 11.0. The number of nitrogens with zero attached hydrogens (tertiary/aromatic N) is 3. The van der Waals surface area contributed by atoms with Crippen LogP contribution in [0.1, 0.15) is 48.6 Å². The molecular weight excluding hydrogens is 572 g/mol. The van der Waals surface area contributed by atoms with Crippen LogP contribution in [-0.2, 0) is 4.74 Å². The molecule has 1 saturated carbocycles. The average molecular weight is 615 g/mol. The average Bonchev–Trinajstić information content (AvgIpc) is 3.46. The highest BCUT2D eigenvalue weighted by molar-refractivity contribution is 5.98. The number of nitrogens with one attached hydrogen (secondary N) is 1. The molecule has 0 spiro atoms. The standard InChI is InChI=1S/C32H42N4O6.ClH/c1-39-21-32(38)16-8-7-14-27(32)36-22-34-28(29(36)23-10-5-4-6-11-23)31(37)35-18-17-33-20-24(35)15-19-42-26-13-9-12-25(40-2)30(26)41-3;/h4-6,9-13,22,24,27,33,38H,7-8,14-21H2,1-3H3;1H/t24-,27-,32-;/m1./s1. The molecule has 2 N–H and O–H groups in total. The number of benzene rings is 2. The SMILES string of the molecule is COC[C@]1(O)CCCC[C@H]1n1cnc(C(=O)N2CCNC[C@H]2CCOc2cccc(OC)c2OC)c1-c1ccccc1.Cl. The summed E-state index contributed by atoms with van der Waals surface area (Å²) in [6, 6.07) is 15.1. The summed E-state index contributed by atoms with van der Waals surface area (Å²) in [6.45, 7) is 2.54. The highest BCUT2D eigenvalue weighted by Crippen LogP contribution is 2.41. The van der Waals surface area contributed by atoms with Gasteiger partial charge >= 0.3 is 0 Å². The Bertz CT molecular complexity index is 1330. The van der Waals surface area contributed by atoms with Gasteiger partial charge in [-0.15, -0.1) is 12.4 Å². The number of imidazole rings is 1. The van der Waals surface area contributed by atoms with Crippen LogP contribution >= 0.6 is 12.4 Å². The second-order valence-corrected chi connectivity index (χ2v) is 11.0. The molecule has 0 radical (unpaired) electrons. The van der Waals surface area contributed by atoms with Crippen molar-refractivity contribution in [1.82, 2.24) is 19.8 Å². The molecule has 1 amide bonds. The summed E-state index contributed by atoms with van der Waals surface area (Å²) in [5.74, 6) is 1.62. The van der Waals surface area contributed by atoms with Crippen LogP contribution < -0.4 is 19.5 Å². The van der Waals surface area contributed by atoms with E-state index in [0.29, 0.717) is 62.0 Å². The Kier molecular flexibility index (Phi) is 11.3. The van der Waals surface area contributed by atoms with Crippen LogP contribution in [0.4, 0.5) is 0 Å². The first-order valence-electron chi connectivity index (χ1n) is 14.7. The highest BCUT2D eigenvalue weighted by atomic mass is 35.5. The molecule has 1 aliphatic heterocycles. The summed E-state index contributed by atoms with van der Waals surface area (Å²) < 4.78 is 24.5. The van der Waals surface area contributed by atoms with Gasteiger partial charge in [-0.2, -0.15) is 0 Å². The maximum Gasteiger partial charge on any atom is 0.275 e. The molecule has 2 aromatic carbocycles. The maximum atomic E-state index is 14.3. The Hall–Kier alpha value is -3.31. The summed E-state index contributed by atoms with van der Waals surface area (Å²) in [5.41, 5.74) is 0.988. The number of piperazine rings is 1. The van der Waals surface area contributed by atoms with Crippen molar-refractivity contribution in [1.29, 1.82) is 0 Å². The zero-order valence-corrected chi connectivity index (χ0v) is 26.0.